The lowest BCUT2D eigenvalue weighted by Crippen LogP contribution is -2.18. The van der Waals surface area contributed by atoms with E-state index in [1.54, 1.807) is 0 Å². The van der Waals surface area contributed by atoms with Gasteiger partial charge in [-0.1, -0.05) is 167 Å². The molecule has 9 aromatic carbocycles. The maximum atomic E-state index is 6.60. The molecule has 0 unspecified atom stereocenters. The average molecular weight is 888 g/mol. The summed E-state index contributed by atoms with van der Waals surface area (Å²) < 4.78 is 8.95. The minimum atomic E-state index is -0.229. The van der Waals surface area contributed by atoms with Crippen molar-refractivity contribution < 1.29 is 4.42 Å². The van der Waals surface area contributed by atoms with Gasteiger partial charge in [-0.15, -0.1) is 0 Å². The average Bonchev–Trinajstić information content (AvgIpc) is 4.07. The first-order chi connectivity index (χ1) is 33.7. The van der Waals surface area contributed by atoms with Gasteiger partial charge in [0.2, 0.25) is 5.95 Å². The van der Waals surface area contributed by atoms with Crippen LogP contribution in [0.5, 0.6) is 0 Å². The van der Waals surface area contributed by atoms with E-state index < -0.39 is 0 Å². The summed E-state index contributed by atoms with van der Waals surface area (Å²) in [6.45, 7) is 9.28. The molecule has 0 bridgehead atoms. The van der Waals surface area contributed by atoms with E-state index in [9.17, 15) is 0 Å². The van der Waals surface area contributed by atoms with Crippen LogP contribution < -0.4 is 4.90 Å². The van der Waals surface area contributed by atoms with Gasteiger partial charge in [0.05, 0.1) is 22.4 Å². The fourth-order valence-corrected chi connectivity index (χ4v) is 11.7. The monoisotopic (exact) mass is 887 g/mol. The molecule has 0 aliphatic heterocycles. The van der Waals surface area contributed by atoms with Crippen molar-refractivity contribution in [1.82, 2.24) is 19.5 Å². The summed E-state index contributed by atoms with van der Waals surface area (Å²) in [5.74, 6) is 1.67. The molecule has 2 aliphatic rings. The van der Waals surface area contributed by atoms with E-state index >= 15 is 0 Å². The highest BCUT2D eigenvalue weighted by Gasteiger charge is 2.39. The Morgan fingerprint density at radius 2 is 1.01 bits per heavy atom. The van der Waals surface area contributed by atoms with Gasteiger partial charge in [-0.2, -0.15) is 9.97 Å². The molecular formula is C63H45N5O. The van der Waals surface area contributed by atoms with Crippen LogP contribution in [-0.4, -0.2) is 19.5 Å². The van der Waals surface area contributed by atoms with Crippen LogP contribution in [-0.2, 0) is 10.8 Å². The van der Waals surface area contributed by atoms with Crippen LogP contribution in [0.2, 0.25) is 0 Å². The molecule has 3 aromatic heterocycles. The van der Waals surface area contributed by atoms with Gasteiger partial charge < -0.3 is 8.98 Å². The fraction of sp³-hybridized carbons (Fsp3) is 0.0952. The van der Waals surface area contributed by atoms with Crippen molar-refractivity contribution in [3.05, 3.63) is 222 Å². The lowest BCUT2D eigenvalue weighted by molar-refractivity contribution is 0.660. The number of rotatable bonds is 6. The van der Waals surface area contributed by atoms with Crippen molar-refractivity contribution in [3.63, 3.8) is 0 Å². The molecule has 14 rings (SSSR count). The van der Waals surface area contributed by atoms with E-state index in [1.165, 1.54) is 44.3 Å². The molecule has 0 amide bonds. The van der Waals surface area contributed by atoms with Crippen molar-refractivity contribution in [2.24, 2.45) is 0 Å². The molecule has 0 radical (unpaired) electrons. The molecule has 0 saturated heterocycles. The topological polar surface area (TPSA) is 60.0 Å². The second-order valence-electron chi connectivity index (χ2n) is 19.6. The van der Waals surface area contributed by atoms with Crippen LogP contribution >= 0.6 is 0 Å². The Kier molecular flexibility index (Phi) is 8.28. The van der Waals surface area contributed by atoms with Crippen molar-refractivity contribution in [2.75, 3.05) is 4.90 Å². The summed E-state index contributed by atoms with van der Waals surface area (Å²) in [4.78, 5) is 18.8. The van der Waals surface area contributed by atoms with Crippen molar-refractivity contribution >= 4 is 61.1 Å². The van der Waals surface area contributed by atoms with Crippen LogP contribution in [0.1, 0.15) is 49.9 Å². The van der Waals surface area contributed by atoms with E-state index in [2.05, 4.69) is 225 Å². The van der Waals surface area contributed by atoms with Crippen LogP contribution in [0.25, 0.3) is 94.5 Å². The van der Waals surface area contributed by atoms with Crippen LogP contribution in [0, 0.1) is 0 Å². The first-order valence-electron chi connectivity index (χ1n) is 23.8. The lowest BCUT2D eigenvalue weighted by atomic mass is 9.82. The highest BCUT2D eigenvalue weighted by molar-refractivity contribution is 6.10. The second-order valence-corrected chi connectivity index (χ2v) is 19.6. The van der Waals surface area contributed by atoms with Crippen molar-refractivity contribution in [1.29, 1.82) is 0 Å². The molecule has 0 saturated carbocycles. The van der Waals surface area contributed by atoms with E-state index in [1.807, 2.05) is 12.1 Å². The summed E-state index contributed by atoms with van der Waals surface area (Å²) in [6.07, 6.45) is 0. The van der Waals surface area contributed by atoms with Crippen LogP contribution in [0.4, 0.5) is 17.3 Å². The number of aromatic nitrogens is 4. The molecule has 0 atom stereocenters. The number of hydrogen-bond donors (Lipinski definition) is 0. The molecule has 0 fully saturated rings. The standard InChI is InChI=1S/C63H45N5O/c1-62(2)49-23-12-8-19-42(49)48-35-38(30-34-51(48)62)59-64-60(39-29-32-44-43-20-10-14-26-53(43)67(55(44)36-39)40-17-6-5-7-18-40)66-61(65-59)68(41-31-33-46-45-21-11-15-28-56(45)69-57(46)37-41)54-27-16-25-52-58(54)47-22-9-13-24-50(47)63(52,3)4/h5-37H,1-4H3. The number of furan rings is 1. The number of benzene rings is 9. The molecule has 12 aromatic rings. The van der Waals surface area contributed by atoms with Gasteiger partial charge in [-0.25, -0.2) is 4.98 Å². The molecule has 6 heteroatoms. The Hall–Kier alpha value is -8.61. The minimum absolute atomic E-state index is 0.143. The van der Waals surface area contributed by atoms with Gasteiger partial charge in [-0.3, -0.25) is 4.90 Å². The van der Waals surface area contributed by atoms with E-state index in [0.717, 1.165) is 72.1 Å². The molecule has 0 spiro atoms. The summed E-state index contributed by atoms with van der Waals surface area (Å²) in [5.41, 5.74) is 18.2. The van der Waals surface area contributed by atoms with Gasteiger partial charge in [0.1, 0.15) is 11.2 Å². The molecule has 3 heterocycles. The largest absolute Gasteiger partial charge is 0.456 e. The predicted molar refractivity (Wildman–Crippen MR) is 282 cm³/mol. The molecule has 328 valence electrons. The normalized spacial score (nSPS) is 14.0. The van der Waals surface area contributed by atoms with E-state index in [-0.39, 0.29) is 10.8 Å². The van der Waals surface area contributed by atoms with Gasteiger partial charge in [0, 0.05) is 60.8 Å². The first-order valence-corrected chi connectivity index (χ1v) is 23.8. The minimum Gasteiger partial charge on any atom is -0.456 e. The third-order valence-electron chi connectivity index (χ3n) is 15.1. The lowest BCUT2D eigenvalue weighted by Gasteiger charge is -2.27. The number of para-hydroxylation sites is 3. The molecule has 0 N–H and O–H groups in total. The zero-order valence-corrected chi connectivity index (χ0v) is 38.7. The third kappa shape index (κ3) is 5.75. The number of nitrogens with zero attached hydrogens (tertiary/aromatic N) is 5. The van der Waals surface area contributed by atoms with Gasteiger partial charge in [0.15, 0.2) is 11.6 Å². The highest BCUT2D eigenvalue weighted by atomic mass is 16.3. The highest BCUT2D eigenvalue weighted by Crippen LogP contribution is 2.55. The Bertz CT molecular complexity index is 4100. The molecule has 69 heavy (non-hydrogen) atoms. The van der Waals surface area contributed by atoms with Gasteiger partial charge in [0.25, 0.3) is 0 Å². The number of fused-ring (bicyclic) bond motifs is 12. The van der Waals surface area contributed by atoms with Crippen molar-refractivity contribution in [3.8, 4) is 50.7 Å². The Labute approximate surface area is 399 Å². The number of hydrogen-bond acceptors (Lipinski definition) is 5. The van der Waals surface area contributed by atoms with E-state index in [0.29, 0.717) is 17.6 Å². The Balaban J connectivity index is 1.06. The zero-order chi connectivity index (χ0) is 46.2. The summed E-state index contributed by atoms with van der Waals surface area (Å²) >= 11 is 0. The molecule has 2 aliphatic carbocycles. The second kappa shape index (κ2) is 14.4. The summed E-state index contributed by atoms with van der Waals surface area (Å²) in [5, 5.41) is 4.49. The predicted octanol–water partition coefficient (Wildman–Crippen LogP) is 16.3. The summed E-state index contributed by atoms with van der Waals surface area (Å²) in [7, 11) is 0. The van der Waals surface area contributed by atoms with Crippen molar-refractivity contribution in [2.45, 2.75) is 38.5 Å². The Morgan fingerprint density at radius 1 is 0.420 bits per heavy atom. The maximum Gasteiger partial charge on any atom is 0.238 e. The molecule has 6 nitrogen and oxygen atoms in total. The van der Waals surface area contributed by atoms with Crippen LogP contribution in [0.15, 0.2) is 205 Å². The van der Waals surface area contributed by atoms with Crippen LogP contribution in [0.3, 0.4) is 0 Å². The van der Waals surface area contributed by atoms with E-state index in [4.69, 9.17) is 19.4 Å². The molecular weight excluding hydrogens is 843 g/mol. The number of anilines is 3. The van der Waals surface area contributed by atoms with Gasteiger partial charge in [-0.05, 0) is 93.5 Å². The maximum absolute atomic E-state index is 6.60. The van der Waals surface area contributed by atoms with Gasteiger partial charge >= 0.3 is 0 Å². The quantitative estimate of drug-likeness (QED) is 0.166. The smallest absolute Gasteiger partial charge is 0.238 e. The Morgan fingerprint density at radius 3 is 1.84 bits per heavy atom. The fourth-order valence-electron chi connectivity index (χ4n) is 11.7. The first kappa shape index (κ1) is 39.5. The zero-order valence-electron chi connectivity index (χ0n) is 38.7. The third-order valence-corrected chi connectivity index (χ3v) is 15.1. The SMILES string of the molecule is CC1(C)c2ccccc2-c2cc(-c3nc(-c4ccc5c6ccccc6n(-c6ccccc6)c5c4)nc(N(c4ccc5c(c4)oc4ccccc45)c4cccc5c4-c4ccccc4C5(C)C)n3)ccc21. The summed E-state index contributed by atoms with van der Waals surface area (Å²) in [6, 6.07) is 71.6.